The van der Waals surface area contributed by atoms with E-state index >= 15 is 0 Å². The number of carbonyl (C=O) groups is 1. The molecule has 1 aliphatic heterocycles. The summed E-state index contributed by atoms with van der Waals surface area (Å²) in [7, 11) is 0. The number of nitrogens with zero attached hydrogens (tertiary/aromatic N) is 1. The number of hydrogen-bond acceptors (Lipinski definition) is 2. The molecule has 2 heteroatoms. The summed E-state index contributed by atoms with van der Waals surface area (Å²) in [4.78, 5) is 13.8. The Morgan fingerprint density at radius 3 is 2.67 bits per heavy atom. The maximum Gasteiger partial charge on any atom is 0.127 e. The van der Waals surface area contributed by atoms with Crippen molar-refractivity contribution in [2.24, 2.45) is 5.41 Å². The molecule has 1 fully saturated rings. The van der Waals surface area contributed by atoms with Gasteiger partial charge in [-0.3, -0.25) is 4.90 Å². The first-order chi connectivity index (χ1) is 8.63. The standard InChI is InChI=1S/C16H23NO/c1-16(2,13-18)15-10-6-7-11-17(15)12-14-8-4-3-5-9-14/h3-5,8-9,13,15H,6-7,10-12H2,1-2H3. The molecule has 0 radical (unpaired) electrons. The molecule has 0 amide bonds. The van der Waals surface area contributed by atoms with Crippen molar-refractivity contribution in [3.05, 3.63) is 35.9 Å². The van der Waals surface area contributed by atoms with Crippen molar-refractivity contribution in [1.29, 1.82) is 0 Å². The molecule has 1 aromatic carbocycles. The Hall–Kier alpha value is -1.15. The van der Waals surface area contributed by atoms with E-state index in [2.05, 4.69) is 43.0 Å². The zero-order chi connectivity index (χ0) is 13.0. The van der Waals surface area contributed by atoms with Crippen LogP contribution < -0.4 is 0 Å². The number of carbonyl (C=O) groups excluding carboxylic acids is 1. The number of hydrogen-bond donors (Lipinski definition) is 0. The monoisotopic (exact) mass is 245 g/mol. The van der Waals surface area contributed by atoms with Gasteiger partial charge in [0.25, 0.3) is 0 Å². The summed E-state index contributed by atoms with van der Waals surface area (Å²) >= 11 is 0. The number of likely N-dealkylation sites (tertiary alicyclic amines) is 1. The van der Waals surface area contributed by atoms with Crippen LogP contribution in [0, 0.1) is 5.41 Å². The third-order valence-electron chi connectivity index (χ3n) is 4.00. The summed E-state index contributed by atoms with van der Waals surface area (Å²) in [6.07, 6.45) is 4.76. The van der Waals surface area contributed by atoms with Crippen molar-refractivity contribution in [3.8, 4) is 0 Å². The highest BCUT2D eigenvalue weighted by molar-refractivity contribution is 5.59. The highest BCUT2D eigenvalue weighted by Gasteiger charge is 2.35. The van der Waals surface area contributed by atoms with Gasteiger partial charge >= 0.3 is 0 Å². The molecule has 2 nitrogen and oxygen atoms in total. The number of aldehydes is 1. The lowest BCUT2D eigenvalue weighted by atomic mass is 9.80. The Balaban J connectivity index is 2.11. The van der Waals surface area contributed by atoms with E-state index in [1.807, 2.05) is 6.07 Å². The lowest BCUT2D eigenvalue weighted by Gasteiger charge is -2.42. The van der Waals surface area contributed by atoms with Crippen LogP contribution in [0.3, 0.4) is 0 Å². The van der Waals surface area contributed by atoms with Crippen LogP contribution in [0.2, 0.25) is 0 Å². The molecule has 1 atom stereocenters. The van der Waals surface area contributed by atoms with Gasteiger partial charge in [-0.2, -0.15) is 0 Å². The normalized spacial score (nSPS) is 21.8. The highest BCUT2D eigenvalue weighted by Crippen LogP contribution is 2.31. The molecule has 0 bridgehead atoms. The molecule has 0 N–H and O–H groups in total. The lowest BCUT2D eigenvalue weighted by molar-refractivity contribution is -0.119. The second-order valence-electron chi connectivity index (χ2n) is 5.91. The smallest absolute Gasteiger partial charge is 0.127 e. The van der Waals surface area contributed by atoms with Gasteiger partial charge in [-0.05, 0) is 24.9 Å². The highest BCUT2D eigenvalue weighted by atomic mass is 16.1. The lowest BCUT2D eigenvalue weighted by Crippen LogP contribution is -2.48. The number of rotatable bonds is 4. The minimum atomic E-state index is -0.241. The molecule has 1 heterocycles. The summed E-state index contributed by atoms with van der Waals surface area (Å²) in [5, 5.41) is 0. The maximum atomic E-state index is 11.3. The van der Waals surface area contributed by atoms with E-state index in [0.29, 0.717) is 6.04 Å². The molecule has 0 aliphatic carbocycles. The van der Waals surface area contributed by atoms with Gasteiger partial charge < -0.3 is 4.79 Å². The summed E-state index contributed by atoms with van der Waals surface area (Å²) < 4.78 is 0. The first-order valence-corrected chi connectivity index (χ1v) is 6.88. The average Bonchev–Trinajstić information content (AvgIpc) is 2.40. The van der Waals surface area contributed by atoms with Gasteiger partial charge in [-0.1, -0.05) is 50.6 Å². The molecular weight excluding hydrogens is 222 g/mol. The van der Waals surface area contributed by atoms with Crippen molar-refractivity contribution in [2.45, 2.75) is 45.7 Å². The molecule has 0 spiro atoms. The Morgan fingerprint density at radius 1 is 1.28 bits per heavy atom. The number of benzene rings is 1. The molecule has 1 aliphatic rings. The van der Waals surface area contributed by atoms with Crippen LogP contribution in [-0.2, 0) is 11.3 Å². The minimum absolute atomic E-state index is 0.241. The topological polar surface area (TPSA) is 20.3 Å². The minimum Gasteiger partial charge on any atom is -0.303 e. The van der Waals surface area contributed by atoms with Crippen LogP contribution in [0.4, 0.5) is 0 Å². The van der Waals surface area contributed by atoms with Gasteiger partial charge in [0.15, 0.2) is 0 Å². The summed E-state index contributed by atoms with van der Waals surface area (Å²) in [5.74, 6) is 0. The van der Waals surface area contributed by atoms with Gasteiger partial charge in [0.1, 0.15) is 6.29 Å². The third-order valence-corrected chi connectivity index (χ3v) is 4.00. The van der Waals surface area contributed by atoms with Crippen LogP contribution in [0.15, 0.2) is 30.3 Å². The van der Waals surface area contributed by atoms with Gasteiger partial charge in [-0.15, -0.1) is 0 Å². The second kappa shape index (κ2) is 5.66. The van der Waals surface area contributed by atoms with Crippen molar-refractivity contribution in [3.63, 3.8) is 0 Å². The van der Waals surface area contributed by atoms with E-state index in [9.17, 15) is 4.79 Å². The van der Waals surface area contributed by atoms with Gasteiger partial charge in [0.05, 0.1) is 0 Å². The van der Waals surface area contributed by atoms with Gasteiger partial charge in [-0.25, -0.2) is 0 Å². The van der Waals surface area contributed by atoms with Gasteiger partial charge in [0, 0.05) is 18.0 Å². The summed E-state index contributed by atoms with van der Waals surface area (Å²) in [6, 6.07) is 10.9. The fourth-order valence-electron chi connectivity index (χ4n) is 2.92. The number of piperidine rings is 1. The summed E-state index contributed by atoms with van der Waals surface area (Å²) in [5.41, 5.74) is 1.10. The van der Waals surface area contributed by atoms with Crippen LogP contribution in [0.25, 0.3) is 0 Å². The van der Waals surface area contributed by atoms with E-state index < -0.39 is 0 Å². The maximum absolute atomic E-state index is 11.3. The molecule has 1 unspecified atom stereocenters. The van der Waals surface area contributed by atoms with Gasteiger partial charge in [0.2, 0.25) is 0 Å². The van der Waals surface area contributed by atoms with E-state index in [1.165, 1.54) is 18.4 Å². The van der Waals surface area contributed by atoms with E-state index in [0.717, 1.165) is 25.8 Å². The predicted molar refractivity (Wildman–Crippen MR) is 74.3 cm³/mol. The SMILES string of the molecule is CC(C)(C=O)C1CCCCN1Cc1ccccc1. The van der Waals surface area contributed by atoms with Crippen LogP contribution >= 0.6 is 0 Å². The summed E-state index contributed by atoms with van der Waals surface area (Å²) in [6.45, 7) is 6.20. The first kappa shape index (κ1) is 13.3. The molecular formula is C16H23NO. The molecule has 0 aromatic heterocycles. The van der Waals surface area contributed by atoms with Crippen LogP contribution in [0.5, 0.6) is 0 Å². The largest absolute Gasteiger partial charge is 0.303 e. The Morgan fingerprint density at radius 2 is 2.00 bits per heavy atom. The van der Waals surface area contributed by atoms with E-state index in [1.54, 1.807) is 0 Å². The Bertz CT molecular complexity index is 385. The van der Waals surface area contributed by atoms with E-state index in [4.69, 9.17) is 0 Å². The first-order valence-electron chi connectivity index (χ1n) is 6.88. The zero-order valence-electron chi connectivity index (χ0n) is 11.4. The second-order valence-corrected chi connectivity index (χ2v) is 5.91. The van der Waals surface area contributed by atoms with Crippen molar-refractivity contribution in [2.75, 3.05) is 6.54 Å². The van der Waals surface area contributed by atoms with Crippen LogP contribution in [0.1, 0.15) is 38.7 Å². The van der Waals surface area contributed by atoms with E-state index in [-0.39, 0.29) is 5.41 Å². The fraction of sp³-hybridized carbons (Fsp3) is 0.562. The molecule has 0 saturated carbocycles. The Labute approximate surface area is 110 Å². The van der Waals surface area contributed by atoms with Crippen molar-refractivity contribution < 1.29 is 4.79 Å². The Kier molecular flexibility index (Phi) is 4.18. The van der Waals surface area contributed by atoms with Crippen LogP contribution in [-0.4, -0.2) is 23.8 Å². The molecule has 98 valence electrons. The predicted octanol–water partition coefficient (Wildman–Crippen LogP) is 3.27. The molecule has 18 heavy (non-hydrogen) atoms. The quantitative estimate of drug-likeness (QED) is 0.759. The molecule has 1 aromatic rings. The van der Waals surface area contributed by atoms with Crippen molar-refractivity contribution in [1.82, 2.24) is 4.90 Å². The molecule has 2 rings (SSSR count). The zero-order valence-corrected chi connectivity index (χ0v) is 11.4. The van der Waals surface area contributed by atoms with Crippen molar-refractivity contribution >= 4 is 6.29 Å². The average molecular weight is 245 g/mol. The fourth-order valence-corrected chi connectivity index (χ4v) is 2.92. The third kappa shape index (κ3) is 2.99. The molecule has 1 saturated heterocycles.